The van der Waals surface area contributed by atoms with Gasteiger partial charge in [-0.2, -0.15) is 0 Å². The summed E-state index contributed by atoms with van der Waals surface area (Å²) in [6.07, 6.45) is -0.477. The summed E-state index contributed by atoms with van der Waals surface area (Å²) < 4.78 is 11.6. The van der Waals surface area contributed by atoms with Crippen molar-refractivity contribution in [3.63, 3.8) is 0 Å². The largest absolute Gasteiger partial charge is 0.489 e. The van der Waals surface area contributed by atoms with E-state index in [9.17, 15) is 9.90 Å². The predicted molar refractivity (Wildman–Crippen MR) is 151 cm³/mol. The van der Waals surface area contributed by atoms with E-state index in [0.717, 1.165) is 31.9 Å². The molecule has 0 bridgehead atoms. The van der Waals surface area contributed by atoms with Gasteiger partial charge >= 0.3 is 6.09 Å². The van der Waals surface area contributed by atoms with Gasteiger partial charge in [0.2, 0.25) is 0 Å². The molecule has 4 aromatic carbocycles. The molecule has 0 aliphatic carbocycles. The first-order valence-electron chi connectivity index (χ1n) is 12.3. The number of nitrogens with zero attached hydrogens (tertiary/aromatic N) is 1. The van der Waals surface area contributed by atoms with E-state index in [0.29, 0.717) is 12.3 Å². The van der Waals surface area contributed by atoms with Crippen LogP contribution in [-0.2, 0) is 11.3 Å². The SMILES string of the molecule is CC(CO)N(C(=O)OC(C)(C)C)c1ccc2cc(Sc3cccc(OCc4ccccc4)c3)ccc2c1. The van der Waals surface area contributed by atoms with Crippen LogP contribution < -0.4 is 9.64 Å². The van der Waals surface area contributed by atoms with Gasteiger partial charge in [0, 0.05) is 15.5 Å². The van der Waals surface area contributed by atoms with Crippen LogP contribution in [0.4, 0.5) is 10.5 Å². The summed E-state index contributed by atoms with van der Waals surface area (Å²) >= 11 is 1.67. The standard InChI is InChI=1S/C31H33NO4S/c1-22(20-33)32(30(34)36-31(2,3)4)26-15-13-25-18-29(16-14-24(25)17-26)37-28-12-8-11-27(19-28)35-21-23-9-6-5-7-10-23/h5-19,22,33H,20-21H2,1-4H3. The molecule has 0 radical (unpaired) electrons. The van der Waals surface area contributed by atoms with Crippen LogP contribution >= 0.6 is 11.8 Å². The lowest BCUT2D eigenvalue weighted by Gasteiger charge is -2.31. The third-order valence-corrected chi connectivity index (χ3v) is 6.64. The van der Waals surface area contributed by atoms with E-state index < -0.39 is 17.7 Å². The molecule has 0 saturated heterocycles. The highest BCUT2D eigenvalue weighted by Gasteiger charge is 2.27. The Morgan fingerprint density at radius 3 is 2.32 bits per heavy atom. The number of aliphatic hydroxyl groups excluding tert-OH is 1. The Bertz CT molecular complexity index is 1350. The van der Waals surface area contributed by atoms with Crippen molar-refractivity contribution in [2.45, 2.75) is 55.7 Å². The molecule has 1 atom stereocenters. The maximum Gasteiger partial charge on any atom is 0.415 e. The molecule has 1 amide bonds. The van der Waals surface area contributed by atoms with Gasteiger partial charge in [0.1, 0.15) is 18.0 Å². The Morgan fingerprint density at radius 2 is 1.59 bits per heavy atom. The van der Waals surface area contributed by atoms with Gasteiger partial charge in [-0.15, -0.1) is 0 Å². The molecular formula is C31H33NO4S. The molecule has 4 aromatic rings. The fraction of sp³-hybridized carbons (Fsp3) is 0.258. The highest BCUT2D eigenvalue weighted by molar-refractivity contribution is 7.99. The number of fused-ring (bicyclic) bond motifs is 1. The number of carbonyl (C=O) groups excluding carboxylic acids is 1. The average molecular weight is 516 g/mol. The molecule has 0 aliphatic heterocycles. The van der Waals surface area contributed by atoms with E-state index >= 15 is 0 Å². The van der Waals surface area contributed by atoms with Crippen molar-refractivity contribution in [3.05, 3.63) is 96.6 Å². The molecule has 0 spiro atoms. The molecular weight excluding hydrogens is 482 g/mol. The molecule has 0 heterocycles. The van der Waals surface area contributed by atoms with Crippen molar-refractivity contribution in [3.8, 4) is 5.75 Å². The van der Waals surface area contributed by atoms with Crippen LogP contribution in [0.5, 0.6) is 5.75 Å². The molecule has 1 unspecified atom stereocenters. The quantitative estimate of drug-likeness (QED) is 0.261. The average Bonchev–Trinajstić information content (AvgIpc) is 2.87. The van der Waals surface area contributed by atoms with Crippen LogP contribution in [0.2, 0.25) is 0 Å². The number of carbonyl (C=O) groups is 1. The zero-order valence-corrected chi connectivity index (χ0v) is 22.5. The third-order valence-electron chi connectivity index (χ3n) is 5.66. The highest BCUT2D eigenvalue weighted by Crippen LogP contribution is 2.33. The summed E-state index contributed by atoms with van der Waals surface area (Å²) in [5.41, 5.74) is 1.19. The van der Waals surface area contributed by atoms with E-state index in [2.05, 4.69) is 36.4 Å². The van der Waals surface area contributed by atoms with Crippen molar-refractivity contribution in [1.29, 1.82) is 0 Å². The number of amides is 1. The summed E-state index contributed by atoms with van der Waals surface area (Å²) in [5.74, 6) is 0.833. The topological polar surface area (TPSA) is 59.0 Å². The number of anilines is 1. The van der Waals surface area contributed by atoms with Gasteiger partial charge in [0.05, 0.1) is 12.6 Å². The summed E-state index contributed by atoms with van der Waals surface area (Å²) in [4.78, 5) is 16.6. The molecule has 4 rings (SSSR count). The predicted octanol–water partition coefficient (Wildman–Crippen LogP) is 7.69. The van der Waals surface area contributed by atoms with Crippen molar-refractivity contribution in [2.24, 2.45) is 0 Å². The van der Waals surface area contributed by atoms with E-state index in [-0.39, 0.29) is 6.61 Å². The second-order valence-corrected chi connectivity index (χ2v) is 11.1. The number of aliphatic hydroxyl groups is 1. The molecule has 6 heteroatoms. The molecule has 0 aromatic heterocycles. The molecule has 0 fully saturated rings. The number of ether oxygens (including phenoxy) is 2. The molecule has 0 saturated carbocycles. The first kappa shape index (κ1) is 26.6. The highest BCUT2D eigenvalue weighted by atomic mass is 32.2. The van der Waals surface area contributed by atoms with Gasteiger partial charge in [0.15, 0.2) is 0 Å². The minimum atomic E-state index is -0.628. The van der Waals surface area contributed by atoms with Crippen LogP contribution in [0.3, 0.4) is 0 Å². The van der Waals surface area contributed by atoms with Gasteiger partial charge in [-0.05, 0) is 86.5 Å². The zero-order valence-electron chi connectivity index (χ0n) is 21.7. The smallest absolute Gasteiger partial charge is 0.415 e. The van der Waals surface area contributed by atoms with Crippen LogP contribution in [0.25, 0.3) is 10.8 Å². The lowest BCUT2D eigenvalue weighted by Crippen LogP contribution is -2.44. The van der Waals surface area contributed by atoms with Crippen LogP contribution in [0.1, 0.15) is 33.3 Å². The molecule has 1 N–H and O–H groups in total. The number of hydrogen-bond donors (Lipinski definition) is 1. The summed E-state index contributed by atoms with van der Waals surface area (Å²) in [6, 6.07) is 29.9. The molecule has 0 aliphatic rings. The van der Waals surface area contributed by atoms with Crippen LogP contribution in [0.15, 0.2) is 101 Å². The van der Waals surface area contributed by atoms with Crippen molar-refractivity contribution < 1.29 is 19.4 Å². The Balaban J connectivity index is 1.50. The minimum Gasteiger partial charge on any atom is -0.489 e. The summed E-state index contributed by atoms with van der Waals surface area (Å²) in [7, 11) is 0. The van der Waals surface area contributed by atoms with Gasteiger partial charge in [0.25, 0.3) is 0 Å². The maximum atomic E-state index is 12.9. The van der Waals surface area contributed by atoms with Gasteiger partial charge < -0.3 is 14.6 Å². The summed E-state index contributed by atoms with van der Waals surface area (Å²) in [6.45, 7) is 7.65. The second-order valence-electron chi connectivity index (χ2n) is 9.93. The summed E-state index contributed by atoms with van der Waals surface area (Å²) in [5, 5.41) is 11.8. The fourth-order valence-corrected chi connectivity index (χ4v) is 4.78. The Labute approximate surface area is 223 Å². The number of benzene rings is 4. The normalized spacial score (nSPS) is 12.2. The lowest BCUT2D eigenvalue weighted by molar-refractivity contribution is 0.0555. The Kier molecular flexibility index (Phi) is 8.41. The van der Waals surface area contributed by atoms with Crippen molar-refractivity contribution in [1.82, 2.24) is 0 Å². The van der Waals surface area contributed by atoms with Gasteiger partial charge in [-0.25, -0.2) is 4.79 Å². The maximum absolute atomic E-state index is 12.9. The zero-order chi connectivity index (χ0) is 26.4. The van der Waals surface area contributed by atoms with Crippen molar-refractivity contribution in [2.75, 3.05) is 11.5 Å². The van der Waals surface area contributed by atoms with Crippen molar-refractivity contribution >= 4 is 34.3 Å². The van der Waals surface area contributed by atoms with E-state index in [1.807, 2.05) is 75.4 Å². The van der Waals surface area contributed by atoms with E-state index in [4.69, 9.17) is 9.47 Å². The van der Waals surface area contributed by atoms with Crippen LogP contribution in [0, 0.1) is 0 Å². The monoisotopic (exact) mass is 515 g/mol. The van der Waals surface area contributed by atoms with Gasteiger partial charge in [-0.1, -0.05) is 60.3 Å². The Morgan fingerprint density at radius 1 is 0.892 bits per heavy atom. The molecule has 192 valence electrons. The molecule has 37 heavy (non-hydrogen) atoms. The van der Waals surface area contributed by atoms with Crippen LogP contribution in [-0.4, -0.2) is 29.4 Å². The number of hydrogen-bond acceptors (Lipinski definition) is 5. The van der Waals surface area contributed by atoms with E-state index in [1.165, 1.54) is 4.90 Å². The van der Waals surface area contributed by atoms with Gasteiger partial charge in [-0.3, -0.25) is 4.90 Å². The second kappa shape index (κ2) is 11.7. The Hall–Kier alpha value is -3.48. The third kappa shape index (κ3) is 7.28. The van der Waals surface area contributed by atoms with E-state index in [1.54, 1.807) is 18.7 Å². The lowest BCUT2D eigenvalue weighted by atomic mass is 10.1. The first-order chi connectivity index (χ1) is 17.7. The molecule has 5 nitrogen and oxygen atoms in total. The minimum absolute atomic E-state index is 0.166. The fourth-order valence-electron chi connectivity index (χ4n) is 3.86. The number of rotatable bonds is 8. The first-order valence-corrected chi connectivity index (χ1v) is 13.1.